The van der Waals surface area contributed by atoms with Crippen LogP contribution in [0.15, 0.2) is 48.7 Å². The van der Waals surface area contributed by atoms with Crippen LogP contribution in [0.2, 0.25) is 0 Å². The number of piperazine rings is 2. The third-order valence-corrected chi connectivity index (χ3v) is 17.7. The molecule has 12 rings (SSSR count). The van der Waals surface area contributed by atoms with Gasteiger partial charge in [0, 0.05) is 124 Å². The number of benzene rings is 3. The van der Waals surface area contributed by atoms with E-state index in [0.717, 1.165) is 96.4 Å². The minimum absolute atomic E-state index is 0.000133. The molecule has 5 aromatic rings. The molecule has 2 atom stereocenters. The number of nitrogens with one attached hydrogen (secondary N) is 2. The largest absolute Gasteiger partial charge is 0.508 e. The predicted octanol–water partition coefficient (Wildman–Crippen LogP) is 7.39. The number of imide groups is 1. The Morgan fingerprint density at radius 1 is 0.892 bits per heavy atom. The van der Waals surface area contributed by atoms with Gasteiger partial charge in [0.15, 0.2) is 5.82 Å². The summed E-state index contributed by atoms with van der Waals surface area (Å²) in [6, 6.07) is 11.4. The smallest absolute Gasteiger partial charge is 0.328 e. The second kappa shape index (κ2) is 19.3. The number of likely N-dealkylation sites (tertiary alicyclic amines) is 1. The summed E-state index contributed by atoms with van der Waals surface area (Å²) < 4.78 is 38.7. The molecule has 3 N–H and O–H groups in total. The van der Waals surface area contributed by atoms with Crippen molar-refractivity contribution < 1.29 is 33.0 Å². The number of carbonyl (C=O) groups excluding carboxylic acids is 3. The topological polar surface area (TPSA) is 160 Å². The fourth-order valence-corrected chi connectivity index (χ4v) is 13.1. The van der Waals surface area contributed by atoms with E-state index in [4.69, 9.17) is 21.1 Å². The average molecular weight is 1010 g/mol. The number of urea groups is 1. The number of aromatic hydroxyl groups is 1. The molecule has 3 aromatic carbocycles. The van der Waals surface area contributed by atoms with Crippen LogP contribution in [0.25, 0.3) is 32.9 Å². The van der Waals surface area contributed by atoms with Gasteiger partial charge in [0.1, 0.15) is 28.6 Å². The first-order chi connectivity index (χ1) is 35.8. The number of pyridine rings is 1. The van der Waals surface area contributed by atoms with Crippen LogP contribution >= 0.6 is 0 Å². The van der Waals surface area contributed by atoms with Crippen LogP contribution in [0, 0.1) is 47.6 Å². The highest BCUT2D eigenvalue weighted by molar-refractivity contribution is 6.07. The summed E-state index contributed by atoms with van der Waals surface area (Å²) >= 11 is 0. The lowest BCUT2D eigenvalue weighted by atomic mass is 9.65. The molecular weight excluding hydrogens is 943 g/mol. The highest BCUT2D eigenvalue weighted by atomic mass is 19.1. The summed E-state index contributed by atoms with van der Waals surface area (Å²) in [7, 11) is 0. The number of ether oxygens (including phenoxy) is 1. The van der Waals surface area contributed by atoms with Crippen molar-refractivity contribution in [1.82, 2.24) is 40.3 Å². The van der Waals surface area contributed by atoms with E-state index in [-0.39, 0.29) is 63.1 Å². The molecule has 7 aliphatic rings. The fourth-order valence-electron chi connectivity index (χ4n) is 13.1. The van der Waals surface area contributed by atoms with E-state index in [1.165, 1.54) is 49.9 Å². The van der Waals surface area contributed by atoms with Gasteiger partial charge in [0.05, 0.1) is 17.6 Å². The maximum absolute atomic E-state index is 17.2. The summed E-state index contributed by atoms with van der Waals surface area (Å²) in [4.78, 5) is 63.3. The SMILES string of the molecule is C#Cc1c(F)ccc2cc(O)cc(-c3ncc4c(N5CC6CCC(C5)N6)nc(OCC5(CN6CCN(CC7CCC8(CC7)CCN(C(=O)c7ccc(C)c(N9CCC(=O)NC9=O)c7)CC8)CC6)CC5)nc4c3F)c12. The Labute approximate surface area is 430 Å². The molecule has 15 nitrogen and oxygen atoms in total. The Morgan fingerprint density at radius 3 is 2.35 bits per heavy atom. The highest BCUT2D eigenvalue weighted by Crippen LogP contribution is 2.49. The number of phenolic OH excluding ortho intramolecular Hbond substituents is 1. The maximum atomic E-state index is 17.2. The number of anilines is 2. The molecule has 2 saturated carbocycles. The molecule has 7 heterocycles. The van der Waals surface area contributed by atoms with Gasteiger partial charge < -0.3 is 34.8 Å². The number of piperidine rings is 1. The Bertz CT molecular complexity index is 3090. The Balaban J connectivity index is 0.657. The number of nitrogens with zero attached hydrogens (tertiary/aromatic N) is 8. The van der Waals surface area contributed by atoms with E-state index in [0.29, 0.717) is 77.5 Å². The molecule has 2 aromatic heterocycles. The Morgan fingerprint density at radius 2 is 1.64 bits per heavy atom. The van der Waals surface area contributed by atoms with E-state index in [1.807, 2.05) is 24.0 Å². The molecule has 2 bridgehead atoms. The van der Waals surface area contributed by atoms with Gasteiger partial charge >= 0.3 is 12.0 Å². The van der Waals surface area contributed by atoms with Crippen LogP contribution in [0.3, 0.4) is 0 Å². The summed E-state index contributed by atoms with van der Waals surface area (Å²) in [5.41, 5.74) is 2.47. The van der Waals surface area contributed by atoms with Crippen molar-refractivity contribution in [1.29, 1.82) is 0 Å². The number of amides is 4. The van der Waals surface area contributed by atoms with Crippen LogP contribution < -0.4 is 25.2 Å². The molecule has 386 valence electrons. The lowest BCUT2D eigenvalue weighted by Gasteiger charge is -2.47. The third kappa shape index (κ3) is 9.38. The average Bonchev–Trinajstić information content (AvgIpc) is 4.09. The number of hydrogen-bond donors (Lipinski definition) is 3. The van der Waals surface area contributed by atoms with Crippen LogP contribution in [0.1, 0.15) is 92.1 Å². The molecule has 2 aliphatic carbocycles. The monoisotopic (exact) mass is 1010 g/mol. The normalized spacial score (nSPS) is 23.1. The molecule has 7 fully saturated rings. The lowest BCUT2D eigenvalue weighted by molar-refractivity contribution is -0.120. The number of carbonyl (C=O) groups is 3. The molecule has 4 amide bonds. The van der Waals surface area contributed by atoms with E-state index >= 15 is 8.78 Å². The maximum Gasteiger partial charge on any atom is 0.328 e. The summed E-state index contributed by atoms with van der Waals surface area (Å²) in [6.07, 6.45) is 18.6. The zero-order valence-corrected chi connectivity index (χ0v) is 42.1. The zero-order valence-electron chi connectivity index (χ0n) is 42.1. The quantitative estimate of drug-likeness (QED) is 0.113. The van der Waals surface area contributed by atoms with E-state index < -0.39 is 17.7 Å². The molecule has 17 heteroatoms. The second-order valence-electron chi connectivity index (χ2n) is 22.6. The van der Waals surface area contributed by atoms with E-state index in [2.05, 4.69) is 36.2 Å². The number of hydrogen-bond acceptors (Lipinski definition) is 12. The van der Waals surface area contributed by atoms with Crippen molar-refractivity contribution in [2.75, 3.05) is 88.4 Å². The van der Waals surface area contributed by atoms with E-state index in [1.54, 1.807) is 17.2 Å². The molecule has 2 unspecified atom stereocenters. The number of rotatable bonds is 11. The first kappa shape index (κ1) is 48.5. The minimum Gasteiger partial charge on any atom is -0.508 e. The van der Waals surface area contributed by atoms with Crippen LogP contribution in [-0.2, 0) is 4.79 Å². The summed E-state index contributed by atoms with van der Waals surface area (Å²) in [5, 5.41) is 18.0. The van der Waals surface area contributed by atoms with E-state index in [9.17, 15) is 19.5 Å². The van der Waals surface area contributed by atoms with Gasteiger partial charge in [-0.1, -0.05) is 18.1 Å². The molecule has 0 radical (unpaired) electrons. The Kier molecular flexibility index (Phi) is 12.7. The first-order valence-electron chi connectivity index (χ1n) is 26.7. The van der Waals surface area contributed by atoms with Crippen molar-refractivity contribution in [2.24, 2.45) is 16.7 Å². The zero-order chi connectivity index (χ0) is 50.9. The summed E-state index contributed by atoms with van der Waals surface area (Å²) in [6.45, 7) is 11.6. The van der Waals surface area contributed by atoms with Gasteiger partial charge in [-0.15, -0.1) is 6.42 Å². The van der Waals surface area contributed by atoms with Gasteiger partial charge in [-0.25, -0.2) is 13.6 Å². The second-order valence-corrected chi connectivity index (χ2v) is 22.6. The Hall–Kier alpha value is -6.48. The number of aromatic nitrogens is 3. The molecule has 1 spiro atoms. The van der Waals surface area contributed by atoms with Gasteiger partial charge in [0.2, 0.25) is 5.91 Å². The van der Waals surface area contributed by atoms with Crippen LogP contribution in [0.5, 0.6) is 11.8 Å². The van der Waals surface area contributed by atoms with Crippen molar-refractivity contribution in [3.05, 3.63) is 77.0 Å². The van der Waals surface area contributed by atoms with Crippen molar-refractivity contribution in [2.45, 2.75) is 89.6 Å². The first-order valence-corrected chi connectivity index (χ1v) is 26.7. The molecule has 5 aliphatic heterocycles. The van der Waals surface area contributed by atoms with Gasteiger partial charge in [0.25, 0.3) is 5.91 Å². The van der Waals surface area contributed by atoms with Gasteiger partial charge in [-0.3, -0.25) is 24.8 Å². The van der Waals surface area contributed by atoms with Crippen molar-refractivity contribution in [3.8, 4) is 35.4 Å². The predicted molar refractivity (Wildman–Crippen MR) is 278 cm³/mol. The van der Waals surface area contributed by atoms with Crippen LogP contribution in [0.4, 0.5) is 25.1 Å². The number of aryl methyl sites for hydroxylation is 1. The van der Waals surface area contributed by atoms with Crippen molar-refractivity contribution >= 4 is 51.0 Å². The number of terminal acetylenes is 1. The minimum atomic E-state index is -0.725. The van der Waals surface area contributed by atoms with Crippen molar-refractivity contribution in [3.63, 3.8) is 0 Å². The number of fused-ring (bicyclic) bond motifs is 4. The molecule has 5 saturated heterocycles. The summed E-state index contributed by atoms with van der Waals surface area (Å²) in [5.74, 6) is 1.91. The molecular formula is C57H64F2N10O5. The van der Waals surface area contributed by atoms with Crippen LogP contribution in [-0.4, -0.2) is 143 Å². The lowest BCUT2D eigenvalue weighted by Crippen LogP contribution is -2.51. The van der Waals surface area contributed by atoms with Gasteiger partial charge in [-0.2, -0.15) is 9.97 Å². The third-order valence-electron chi connectivity index (χ3n) is 17.7. The highest BCUT2D eigenvalue weighted by Gasteiger charge is 2.46. The number of phenols is 1. The van der Waals surface area contributed by atoms with Gasteiger partial charge in [-0.05, 0) is 124 Å². The fraction of sp³-hybridized carbons (Fsp3) is 0.509. The number of halogens is 2. The standard InChI is InChI=1S/C57H64F2N10O5/c1-3-42-45(58)9-6-37-26-41(70)28-43(48(37)42)50-49(59)51-44(29-60-50)52(68-31-39-7-8-40(32-68)61-39)64-54(63-51)74-34-57(15-16-57)33-66-24-22-65(23-25-66)30-36-10-13-56(14-11-36)17-20-67(21-18-56)53(72)38-5-4-35(2)46(27-38)69-19-12-47(71)62-55(69)73/h1,4-6,9,26-29,36,39-40,61,70H,7-8,10-25,30-34H2,2H3,(H,62,71,73). The molecule has 74 heavy (non-hydrogen) atoms.